The number of nitrogens with one attached hydrogen (secondary N) is 5. The predicted molar refractivity (Wildman–Crippen MR) is 452 cm³/mol. The van der Waals surface area contributed by atoms with Crippen LogP contribution in [0.25, 0.3) is 17.1 Å². The number of anilines is 8. The van der Waals surface area contributed by atoms with E-state index in [1.165, 1.54) is 6.42 Å². The molecule has 3 fully saturated rings. The number of fused-ring (bicyclic) bond motifs is 3. The number of hydrogen-bond acceptors (Lipinski definition) is 32. The van der Waals surface area contributed by atoms with Crippen LogP contribution in [0.1, 0.15) is 114 Å². The number of rotatable bonds is 23. The Morgan fingerprint density at radius 2 is 0.833 bits per heavy atom. The van der Waals surface area contributed by atoms with E-state index in [0.29, 0.717) is 137 Å². The van der Waals surface area contributed by atoms with E-state index in [4.69, 9.17) is 112 Å². The highest BCUT2D eigenvalue weighted by atomic mass is 35.5. The number of imidazole rings is 3. The zero-order valence-electron chi connectivity index (χ0n) is 70.0. The molecule has 2 amide bonds. The van der Waals surface area contributed by atoms with Crippen molar-refractivity contribution in [3.05, 3.63) is 113 Å². The van der Waals surface area contributed by atoms with Gasteiger partial charge in [0.15, 0.2) is 34.5 Å². The molecular formula is C80H106Cl3N21O16. The summed E-state index contributed by atoms with van der Waals surface area (Å²) in [5.41, 5.74) is 6.04. The van der Waals surface area contributed by atoms with Crippen LogP contribution in [-0.4, -0.2) is 234 Å². The van der Waals surface area contributed by atoms with E-state index < -0.39 is 23.4 Å². The van der Waals surface area contributed by atoms with Crippen LogP contribution in [0.2, 0.25) is 5.28 Å². The molecule has 8 N–H and O–H groups in total. The molecule has 120 heavy (non-hydrogen) atoms. The fourth-order valence-corrected chi connectivity index (χ4v) is 14.4. The third-order valence-corrected chi connectivity index (χ3v) is 20.1. The van der Waals surface area contributed by atoms with E-state index in [-0.39, 0.29) is 49.0 Å². The number of hydrogen-bond donors (Lipinski definition) is 8. The molecule has 0 saturated carbocycles. The molecule has 0 spiro atoms. The number of halogens is 3. The lowest BCUT2D eigenvalue weighted by Gasteiger charge is -2.24. The van der Waals surface area contributed by atoms with E-state index >= 15 is 0 Å². The van der Waals surface area contributed by atoms with Gasteiger partial charge in [-0.2, -0.15) is 9.97 Å². The van der Waals surface area contributed by atoms with Crippen LogP contribution in [0.5, 0.6) is 51.7 Å². The molecule has 40 heteroatoms. The predicted octanol–water partition coefficient (Wildman–Crippen LogP) is 11.1. The Bertz CT molecular complexity index is 4910. The SMILES string of the molecule is COc1cc(-n2cnc(Nc3nc(Cl)nc4c3CN(C(=O)OC(C)(C)C)C4)c2)cc(OC)c1OC.COc1cc(-n2cnc(Nc3nc(N4CCC[C@H]4CO)nc4c3CN(C(=O)OC(C)(C)C)C4)c2)cc(OC)c1OC.COc1cc(-n2cnc(Nc3nc(N4CCC[C@H]4CO)nc4c3CNC4)c2)cc(OC)c1OC.ClCCl.OC[C@@H]1CCCN1. The summed E-state index contributed by atoms with van der Waals surface area (Å²) in [6, 6.07) is 11.4. The molecule has 37 nitrogen and oxygen atoms in total. The highest BCUT2D eigenvalue weighted by Crippen LogP contribution is 2.44. The lowest BCUT2D eigenvalue weighted by atomic mass is 10.2. The van der Waals surface area contributed by atoms with Crippen molar-refractivity contribution >= 4 is 93.8 Å². The van der Waals surface area contributed by atoms with Gasteiger partial charge in [-0.1, -0.05) is 0 Å². The Hall–Kier alpha value is -11.1. The number of aliphatic hydroxyl groups excluding tert-OH is 3. The Morgan fingerprint density at radius 3 is 1.17 bits per heavy atom. The number of amides is 2. The second-order valence-corrected chi connectivity index (χ2v) is 31.2. The van der Waals surface area contributed by atoms with Gasteiger partial charge in [-0.15, -0.1) is 23.2 Å². The number of carbonyl (C=O) groups is 2. The van der Waals surface area contributed by atoms with Gasteiger partial charge in [0, 0.05) is 85.3 Å². The van der Waals surface area contributed by atoms with E-state index in [2.05, 4.69) is 56.4 Å². The van der Waals surface area contributed by atoms with Gasteiger partial charge in [0.05, 0.1) is 180 Å². The minimum Gasteiger partial charge on any atom is -0.493 e. The quantitative estimate of drug-likeness (QED) is 0.0218. The molecule has 9 aromatic rings. The standard InChI is InChI=1S/C28H37N7O6.C23H27ClN6O5.C23H29N7O4.C5H11NO.CH2Cl2/c1-28(2,3)41-27(37)33-12-19-20(13-33)30-26(35-9-7-8-17(35)15-36)32-25(19)31-23-14-34(16-29-23)18-10-21(38-4)24(40-6)22(11-18)39-5;1-23(2,3)35-22(31)29-9-14-15(10-29)26-21(24)28-20(14)27-18-11-30(12-25-18)13-7-16(32-4)19(34-6)17(8-13)33-5;1-32-18-7-15(8-19(33-2)21(18)34-3)29-11-20(25-13-29)27-22-16-9-24-10-17(16)26-23(28-22)30-6-4-5-14(30)12-31;7-4-5-2-1-3-6-5;2-1-3/h10-11,14,16-17,36H,7-9,12-13,15H2,1-6H3,(H,30,31,32);7-8,11-12H,9-10H2,1-6H3,(H,26,27,28);7-8,11,13-14,24,31H,4-6,9-10,12H2,1-3H3,(H,26,27,28);5-7H,1-4H2;1H2/t17-;;14-;5-;/m0.00./s1. The fraction of sp³-hybridized carbons (Fsp3) is 0.487. The second kappa shape index (κ2) is 40.8. The van der Waals surface area contributed by atoms with Crippen LogP contribution < -0.4 is 79.0 Å². The van der Waals surface area contributed by atoms with Gasteiger partial charge in [-0.05, 0) is 98.2 Å². The summed E-state index contributed by atoms with van der Waals surface area (Å²) in [6.45, 7) is 16.6. The van der Waals surface area contributed by atoms with Gasteiger partial charge in [0.2, 0.25) is 34.4 Å². The highest BCUT2D eigenvalue weighted by molar-refractivity contribution is 6.40. The normalized spacial score (nSPS) is 16.2. The number of nitrogens with zero attached hydrogens (tertiary/aromatic N) is 16. The lowest BCUT2D eigenvalue weighted by Crippen LogP contribution is -2.34. The van der Waals surface area contributed by atoms with Crippen molar-refractivity contribution in [2.24, 2.45) is 0 Å². The van der Waals surface area contributed by atoms with Crippen molar-refractivity contribution in [3.63, 3.8) is 0 Å². The Balaban J connectivity index is 0.000000167. The lowest BCUT2D eigenvalue weighted by molar-refractivity contribution is 0.0231. The van der Waals surface area contributed by atoms with Crippen LogP contribution in [0.4, 0.5) is 56.4 Å². The Labute approximate surface area is 711 Å². The van der Waals surface area contributed by atoms with Gasteiger partial charge in [-0.25, -0.2) is 44.5 Å². The van der Waals surface area contributed by atoms with Gasteiger partial charge < -0.3 is 118 Å². The minimum atomic E-state index is -0.618. The van der Waals surface area contributed by atoms with Crippen molar-refractivity contribution in [1.29, 1.82) is 0 Å². The van der Waals surface area contributed by atoms with Crippen LogP contribution in [0.15, 0.2) is 74.0 Å². The summed E-state index contributed by atoms with van der Waals surface area (Å²) >= 11 is 15.7. The highest BCUT2D eigenvalue weighted by Gasteiger charge is 2.37. The van der Waals surface area contributed by atoms with Crippen LogP contribution in [0.3, 0.4) is 0 Å². The maximum atomic E-state index is 12.9. The Kier molecular flexibility index (Phi) is 30.5. The summed E-state index contributed by atoms with van der Waals surface area (Å²) in [5.74, 6) is 9.36. The zero-order chi connectivity index (χ0) is 86.1. The molecule has 648 valence electrons. The summed E-state index contributed by atoms with van der Waals surface area (Å²) in [7, 11) is 14.1. The molecule has 3 aromatic carbocycles. The summed E-state index contributed by atoms with van der Waals surface area (Å²) in [6.07, 6.45) is 15.8. The molecule has 3 atom stereocenters. The first kappa shape index (κ1) is 89.7. The molecular weight excluding hydrogens is 1620 g/mol. The molecule has 15 rings (SSSR count). The maximum absolute atomic E-state index is 12.9. The molecule has 3 saturated heterocycles. The second-order valence-electron chi connectivity index (χ2n) is 30.1. The minimum absolute atomic E-state index is 0.0203. The van der Waals surface area contributed by atoms with Crippen molar-refractivity contribution in [1.82, 2.24) is 79.0 Å². The average Bonchev–Trinajstić information content (AvgIpc) is 1.62. The number of methoxy groups -OCH3 is 9. The van der Waals surface area contributed by atoms with E-state index in [9.17, 15) is 19.8 Å². The van der Waals surface area contributed by atoms with Crippen molar-refractivity contribution < 1.29 is 77.0 Å². The first-order chi connectivity index (χ1) is 57.7. The van der Waals surface area contributed by atoms with Crippen molar-refractivity contribution in [2.45, 2.75) is 149 Å². The van der Waals surface area contributed by atoms with Crippen molar-refractivity contribution in [3.8, 4) is 68.8 Å². The molecule has 0 unspecified atom stereocenters. The van der Waals surface area contributed by atoms with Gasteiger partial charge in [0.25, 0.3) is 0 Å². The summed E-state index contributed by atoms with van der Waals surface area (Å²) in [4.78, 5) is 74.1. The number of benzene rings is 3. The van der Waals surface area contributed by atoms with E-state index in [1.807, 2.05) is 104 Å². The van der Waals surface area contributed by atoms with Crippen molar-refractivity contribution in [2.75, 3.05) is 135 Å². The van der Waals surface area contributed by atoms with Gasteiger partial charge >= 0.3 is 12.2 Å². The first-order valence-corrected chi connectivity index (χ1v) is 40.3. The molecule has 0 aliphatic carbocycles. The summed E-state index contributed by atoms with van der Waals surface area (Å²) in [5, 5.41) is 44.8. The molecule has 6 aliphatic heterocycles. The van der Waals surface area contributed by atoms with E-state index in [1.54, 1.807) is 104 Å². The smallest absolute Gasteiger partial charge is 0.410 e. The van der Waals surface area contributed by atoms with Gasteiger partial charge in [0.1, 0.15) is 65.1 Å². The Morgan fingerprint density at radius 1 is 0.467 bits per heavy atom. The van der Waals surface area contributed by atoms with Crippen LogP contribution in [-0.2, 0) is 48.7 Å². The van der Waals surface area contributed by atoms with E-state index in [0.717, 1.165) is 103 Å². The number of aliphatic hydroxyl groups is 3. The molecule has 12 heterocycles. The van der Waals surface area contributed by atoms with Crippen LogP contribution >= 0.6 is 34.8 Å². The largest absolute Gasteiger partial charge is 0.493 e. The fourth-order valence-electron chi connectivity index (χ4n) is 14.2. The number of aromatic nitrogens is 12. The molecule has 0 bridgehead atoms. The molecule has 6 aromatic heterocycles. The topological polar surface area (TPSA) is 400 Å². The zero-order valence-corrected chi connectivity index (χ0v) is 72.3. The molecule has 6 aliphatic rings. The number of carbonyl (C=O) groups excluding carboxylic acids is 2. The number of ether oxygens (including phenoxy) is 11. The third-order valence-electron chi connectivity index (χ3n) is 19.9. The summed E-state index contributed by atoms with van der Waals surface area (Å²) < 4.78 is 65.6. The van der Waals surface area contributed by atoms with Crippen LogP contribution in [0, 0.1) is 0 Å². The maximum Gasteiger partial charge on any atom is 0.410 e. The monoisotopic (exact) mass is 1720 g/mol. The third kappa shape index (κ3) is 21.7. The van der Waals surface area contributed by atoms with Gasteiger partial charge in [-0.3, -0.25) is 9.80 Å². The number of alkyl halides is 2. The molecule has 0 radical (unpaired) electrons. The average molecular weight is 1720 g/mol. The first-order valence-electron chi connectivity index (χ1n) is 38.8.